The second-order valence-electron chi connectivity index (χ2n) is 5.73. The predicted octanol–water partition coefficient (Wildman–Crippen LogP) is 1.40. The second kappa shape index (κ2) is 7.02. The van der Waals surface area contributed by atoms with E-state index in [2.05, 4.69) is 4.72 Å². The standard InChI is InChI=1S/C16H19N3O3S2/c17-13-6-7-19(11-13)16(20)12-3-1-5-15(9-12)24(21,22)18-10-14-4-2-8-23-14/h1-5,8-9,13,18H,6-7,10-11,17H2/t13-/m1/s1. The Morgan fingerprint density at radius 3 is 2.83 bits per heavy atom. The van der Waals surface area contributed by atoms with Gasteiger partial charge in [0.15, 0.2) is 0 Å². The summed E-state index contributed by atoms with van der Waals surface area (Å²) in [5, 5.41) is 1.89. The van der Waals surface area contributed by atoms with Crippen molar-refractivity contribution in [3.05, 3.63) is 52.2 Å². The third-order valence-corrected chi connectivity index (χ3v) is 6.20. The van der Waals surface area contributed by atoms with Crippen LogP contribution in [0.15, 0.2) is 46.7 Å². The molecule has 3 rings (SSSR count). The van der Waals surface area contributed by atoms with Crippen molar-refractivity contribution in [2.75, 3.05) is 13.1 Å². The van der Waals surface area contributed by atoms with Gasteiger partial charge in [-0.15, -0.1) is 11.3 Å². The lowest BCUT2D eigenvalue weighted by Gasteiger charge is -2.16. The third-order valence-electron chi connectivity index (χ3n) is 3.92. The molecule has 1 amide bonds. The van der Waals surface area contributed by atoms with Crippen molar-refractivity contribution >= 4 is 27.3 Å². The first-order chi connectivity index (χ1) is 11.5. The Morgan fingerprint density at radius 1 is 1.33 bits per heavy atom. The molecule has 2 heterocycles. The summed E-state index contributed by atoms with van der Waals surface area (Å²) in [7, 11) is -3.67. The second-order valence-corrected chi connectivity index (χ2v) is 8.53. The molecule has 3 N–H and O–H groups in total. The first-order valence-corrected chi connectivity index (χ1v) is 9.99. The zero-order chi connectivity index (χ0) is 17.2. The van der Waals surface area contributed by atoms with Crippen LogP contribution in [0.4, 0.5) is 0 Å². The highest BCUT2D eigenvalue weighted by atomic mass is 32.2. The molecule has 0 unspecified atom stereocenters. The van der Waals surface area contributed by atoms with Crippen LogP contribution in [0.1, 0.15) is 21.7 Å². The van der Waals surface area contributed by atoms with Crippen LogP contribution in [0.5, 0.6) is 0 Å². The van der Waals surface area contributed by atoms with Gasteiger partial charge in [-0.2, -0.15) is 0 Å². The first-order valence-electron chi connectivity index (χ1n) is 7.63. The number of hydrogen-bond acceptors (Lipinski definition) is 5. The van der Waals surface area contributed by atoms with Gasteiger partial charge in [-0.05, 0) is 36.1 Å². The molecule has 24 heavy (non-hydrogen) atoms. The van der Waals surface area contributed by atoms with E-state index in [-0.39, 0.29) is 23.4 Å². The van der Waals surface area contributed by atoms with Crippen LogP contribution in [-0.4, -0.2) is 38.4 Å². The molecule has 1 saturated heterocycles. The average Bonchev–Trinajstić information content (AvgIpc) is 3.24. The highest BCUT2D eigenvalue weighted by Crippen LogP contribution is 2.17. The van der Waals surface area contributed by atoms with E-state index in [4.69, 9.17) is 5.73 Å². The Labute approximate surface area is 145 Å². The van der Waals surface area contributed by atoms with E-state index in [1.165, 1.54) is 23.5 Å². The molecular formula is C16H19N3O3S2. The van der Waals surface area contributed by atoms with Crippen molar-refractivity contribution in [1.82, 2.24) is 9.62 Å². The van der Waals surface area contributed by atoms with Crippen molar-refractivity contribution in [3.63, 3.8) is 0 Å². The van der Waals surface area contributed by atoms with Crippen LogP contribution in [0.3, 0.4) is 0 Å². The molecule has 128 valence electrons. The largest absolute Gasteiger partial charge is 0.337 e. The van der Waals surface area contributed by atoms with Crippen LogP contribution >= 0.6 is 11.3 Å². The maximum atomic E-state index is 12.5. The third kappa shape index (κ3) is 3.84. The molecule has 1 aromatic carbocycles. The molecule has 1 aliphatic heterocycles. The molecule has 2 aromatic rings. The van der Waals surface area contributed by atoms with E-state index < -0.39 is 10.0 Å². The van der Waals surface area contributed by atoms with Crippen molar-refractivity contribution in [2.24, 2.45) is 5.73 Å². The number of hydrogen-bond donors (Lipinski definition) is 2. The molecular weight excluding hydrogens is 346 g/mol. The zero-order valence-electron chi connectivity index (χ0n) is 13.0. The zero-order valence-corrected chi connectivity index (χ0v) is 14.6. The van der Waals surface area contributed by atoms with Gasteiger partial charge in [0, 0.05) is 36.1 Å². The van der Waals surface area contributed by atoms with Crippen molar-refractivity contribution < 1.29 is 13.2 Å². The van der Waals surface area contributed by atoms with Gasteiger partial charge in [-0.3, -0.25) is 4.79 Å². The van der Waals surface area contributed by atoms with Crippen LogP contribution < -0.4 is 10.5 Å². The summed E-state index contributed by atoms with van der Waals surface area (Å²) in [5.41, 5.74) is 6.19. The van der Waals surface area contributed by atoms with E-state index in [9.17, 15) is 13.2 Å². The van der Waals surface area contributed by atoms with Crippen molar-refractivity contribution in [1.29, 1.82) is 0 Å². The summed E-state index contributed by atoms with van der Waals surface area (Å²) >= 11 is 1.48. The van der Waals surface area contributed by atoms with Crippen molar-refractivity contribution in [2.45, 2.75) is 23.9 Å². The molecule has 1 aromatic heterocycles. The van der Waals surface area contributed by atoms with E-state index in [0.717, 1.165) is 11.3 Å². The molecule has 1 aliphatic rings. The van der Waals surface area contributed by atoms with Crippen LogP contribution in [0.25, 0.3) is 0 Å². The molecule has 0 saturated carbocycles. The Morgan fingerprint density at radius 2 is 2.17 bits per heavy atom. The summed E-state index contributed by atoms with van der Waals surface area (Å²) in [6, 6.07) is 9.85. The normalized spacial score (nSPS) is 18.0. The van der Waals surface area contributed by atoms with Gasteiger partial charge in [-0.25, -0.2) is 13.1 Å². The summed E-state index contributed by atoms with van der Waals surface area (Å²) in [5.74, 6) is -0.182. The van der Waals surface area contributed by atoms with E-state index in [1.807, 2.05) is 17.5 Å². The average molecular weight is 365 g/mol. The summed E-state index contributed by atoms with van der Waals surface area (Å²) in [6.07, 6.45) is 0.770. The first kappa shape index (κ1) is 17.1. The number of sulfonamides is 1. The number of thiophene rings is 1. The molecule has 8 heteroatoms. The minimum atomic E-state index is -3.67. The molecule has 0 aliphatic carbocycles. The summed E-state index contributed by atoms with van der Waals surface area (Å²) in [6.45, 7) is 1.35. The molecule has 1 fully saturated rings. The maximum absolute atomic E-state index is 12.5. The number of nitrogens with zero attached hydrogens (tertiary/aromatic N) is 1. The molecule has 0 bridgehead atoms. The quantitative estimate of drug-likeness (QED) is 0.838. The lowest BCUT2D eigenvalue weighted by molar-refractivity contribution is 0.0790. The fourth-order valence-corrected chi connectivity index (χ4v) is 4.40. The van der Waals surface area contributed by atoms with E-state index in [1.54, 1.807) is 17.0 Å². The fourth-order valence-electron chi connectivity index (χ4n) is 2.61. The minimum absolute atomic E-state index is 0.00618. The monoisotopic (exact) mass is 365 g/mol. The lowest BCUT2D eigenvalue weighted by atomic mass is 10.2. The SMILES string of the molecule is N[C@@H]1CCN(C(=O)c2cccc(S(=O)(=O)NCc3cccs3)c2)C1. The summed E-state index contributed by atoms with van der Waals surface area (Å²) < 4.78 is 27.4. The van der Waals surface area contributed by atoms with Gasteiger partial charge in [0.2, 0.25) is 10.0 Å². The van der Waals surface area contributed by atoms with E-state index in [0.29, 0.717) is 18.7 Å². The van der Waals surface area contributed by atoms with Gasteiger partial charge in [-0.1, -0.05) is 12.1 Å². The lowest BCUT2D eigenvalue weighted by Crippen LogP contribution is -2.32. The van der Waals surface area contributed by atoms with Crippen LogP contribution in [0, 0.1) is 0 Å². The Kier molecular flexibility index (Phi) is 5.00. The number of rotatable bonds is 5. The number of amides is 1. The highest BCUT2D eigenvalue weighted by molar-refractivity contribution is 7.89. The molecule has 0 spiro atoms. The number of carbonyl (C=O) groups excluding carboxylic acids is 1. The predicted molar refractivity (Wildman–Crippen MR) is 93.3 cm³/mol. The number of likely N-dealkylation sites (tertiary alicyclic amines) is 1. The van der Waals surface area contributed by atoms with E-state index >= 15 is 0 Å². The molecule has 0 radical (unpaired) electrons. The molecule has 6 nitrogen and oxygen atoms in total. The number of nitrogens with two attached hydrogens (primary N) is 1. The number of nitrogens with one attached hydrogen (secondary N) is 1. The van der Waals surface area contributed by atoms with Crippen LogP contribution in [-0.2, 0) is 16.6 Å². The van der Waals surface area contributed by atoms with Gasteiger partial charge < -0.3 is 10.6 Å². The highest BCUT2D eigenvalue weighted by Gasteiger charge is 2.25. The van der Waals surface area contributed by atoms with Gasteiger partial charge in [0.05, 0.1) is 4.90 Å². The fraction of sp³-hybridized carbons (Fsp3) is 0.312. The molecule has 1 atom stereocenters. The van der Waals surface area contributed by atoms with Crippen LogP contribution in [0.2, 0.25) is 0 Å². The van der Waals surface area contributed by atoms with Gasteiger partial charge in [0.25, 0.3) is 5.91 Å². The minimum Gasteiger partial charge on any atom is -0.337 e. The summed E-state index contributed by atoms with van der Waals surface area (Å²) in [4.78, 5) is 15.2. The Bertz CT molecular complexity index is 819. The Balaban J connectivity index is 1.75. The smallest absolute Gasteiger partial charge is 0.253 e. The van der Waals surface area contributed by atoms with Crippen molar-refractivity contribution in [3.8, 4) is 0 Å². The maximum Gasteiger partial charge on any atom is 0.253 e. The Hall–Kier alpha value is -1.74. The number of benzene rings is 1. The van der Waals surface area contributed by atoms with Gasteiger partial charge in [0.1, 0.15) is 0 Å². The topological polar surface area (TPSA) is 92.5 Å². The van der Waals surface area contributed by atoms with Gasteiger partial charge >= 0.3 is 0 Å². The number of carbonyl (C=O) groups is 1.